The highest BCUT2D eigenvalue weighted by molar-refractivity contribution is 7.14. The number of halogens is 1. The lowest BCUT2D eigenvalue weighted by atomic mass is 10.2. The normalized spacial score (nSPS) is 10.8. The summed E-state index contributed by atoms with van der Waals surface area (Å²) < 4.78 is 5.36. The van der Waals surface area contributed by atoms with E-state index < -0.39 is 5.97 Å². The van der Waals surface area contributed by atoms with Crippen LogP contribution >= 0.6 is 22.9 Å². The quantitative estimate of drug-likeness (QED) is 0.172. The first-order valence-electron chi connectivity index (χ1n) is 9.06. The molecule has 0 amide bonds. The van der Waals surface area contributed by atoms with Crippen LogP contribution in [0.1, 0.15) is 15.9 Å². The first-order valence-corrected chi connectivity index (χ1v) is 10.3. The smallest absolute Gasteiger partial charge is 0.345 e. The van der Waals surface area contributed by atoms with E-state index in [9.17, 15) is 4.79 Å². The number of aromatic nitrogens is 1. The summed E-state index contributed by atoms with van der Waals surface area (Å²) in [5.41, 5.74) is 6.08. The summed E-state index contributed by atoms with van der Waals surface area (Å²) in [6, 6.07) is 23.7. The molecule has 1 heterocycles. The standard InChI is InChI=1S/C23H16ClN3O2S/c24-20-9-5-4-8-19(20)22(28)29-18-12-10-16(11-13-18)14-25-27-23-26-21(15-30-23)17-6-2-1-3-7-17/h1-15H,(H,26,27)/b25-14+. The first-order chi connectivity index (χ1) is 14.7. The van der Waals surface area contributed by atoms with Gasteiger partial charge in [0.1, 0.15) is 5.75 Å². The second-order valence-electron chi connectivity index (χ2n) is 6.21. The Morgan fingerprint density at radius 1 is 1.00 bits per heavy atom. The first kappa shape index (κ1) is 19.8. The van der Waals surface area contributed by atoms with Crippen molar-refractivity contribution >= 4 is 40.3 Å². The minimum atomic E-state index is -0.498. The Morgan fingerprint density at radius 3 is 2.50 bits per heavy atom. The third kappa shape index (κ3) is 4.92. The van der Waals surface area contributed by atoms with E-state index in [2.05, 4.69) is 15.5 Å². The van der Waals surface area contributed by atoms with E-state index >= 15 is 0 Å². The van der Waals surface area contributed by atoms with Crippen molar-refractivity contribution in [3.8, 4) is 17.0 Å². The van der Waals surface area contributed by atoms with E-state index in [1.54, 1.807) is 54.7 Å². The molecule has 0 aliphatic carbocycles. The molecule has 30 heavy (non-hydrogen) atoms. The molecule has 148 valence electrons. The molecule has 5 nitrogen and oxygen atoms in total. The van der Waals surface area contributed by atoms with Crippen molar-refractivity contribution in [2.75, 3.05) is 5.43 Å². The fourth-order valence-electron chi connectivity index (χ4n) is 2.64. The molecule has 0 saturated carbocycles. The van der Waals surface area contributed by atoms with Gasteiger partial charge < -0.3 is 4.74 Å². The zero-order valence-electron chi connectivity index (χ0n) is 15.7. The van der Waals surface area contributed by atoms with Gasteiger partial charge in [-0.2, -0.15) is 5.10 Å². The van der Waals surface area contributed by atoms with Crippen LogP contribution in [-0.4, -0.2) is 17.2 Å². The molecule has 0 bridgehead atoms. The Kier molecular flexibility index (Phi) is 6.17. The summed E-state index contributed by atoms with van der Waals surface area (Å²) in [6.07, 6.45) is 1.67. The summed E-state index contributed by atoms with van der Waals surface area (Å²) in [6.45, 7) is 0. The number of ether oxygens (including phenoxy) is 1. The van der Waals surface area contributed by atoms with Gasteiger partial charge in [-0.25, -0.2) is 9.78 Å². The van der Waals surface area contributed by atoms with Gasteiger partial charge in [-0.3, -0.25) is 5.43 Å². The molecule has 0 aliphatic rings. The molecule has 0 unspecified atom stereocenters. The Labute approximate surface area is 182 Å². The molecule has 4 aromatic rings. The van der Waals surface area contributed by atoms with Crippen molar-refractivity contribution in [1.29, 1.82) is 0 Å². The molecular weight excluding hydrogens is 418 g/mol. The number of nitrogens with zero attached hydrogens (tertiary/aromatic N) is 2. The van der Waals surface area contributed by atoms with Gasteiger partial charge in [-0.1, -0.05) is 54.1 Å². The number of carbonyl (C=O) groups excluding carboxylic acids is 1. The Morgan fingerprint density at radius 2 is 1.73 bits per heavy atom. The summed E-state index contributed by atoms with van der Waals surface area (Å²) in [5, 5.41) is 7.26. The summed E-state index contributed by atoms with van der Waals surface area (Å²) in [7, 11) is 0. The predicted octanol–water partition coefficient (Wildman–Crippen LogP) is 6.13. The number of anilines is 1. The summed E-state index contributed by atoms with van der Waals surface area (Å²) >= 11 is 7.51. The van der Waals surface area contributed by atoms with Crippen molar-refractivity contribution < 1.29 is 9.53 Å². The van der Waals surface area contributed by atoms with Crippen LogP contribution in [0.4, 0.5) is 5.13 Å². The highest BCUT2D eigenvalue weighted by Gasteiger charge is 2.11. The number of rotatable bonds is 6. The molecule has 0 radical (unpaired) electrons. The molecule has 1 N–H and O–H groups in total. The fraction of sp³-hybridized carbons (Fsp3) is 0. The Balaban J connectivity index is 1.35. The average Bonchev–Trinajstić information content (AvgIpc) is 3.25. The van der Waals surface area contributed by atoms with Gasteiger partial charge >= 0.3 is 5.97 Å². The van der Waals surface area contributed by atoms with E-state index in [-0.39, 0.29) is 0 Å². The molecule has 0 atom stereocenters. The summed E-state index contributed by atoms with van der Waals surface area (Å²) in [4.78, 5) is 16.7. The highest BCUT2D eigenvalue weighted by Crippen LogP contribution is 2.24. The molecule has 0 saturated heterocycles. The molecule has 3 aromatic carbocycles. The zero-order valence-corrected chi connectivity index (χ0v) is 17.2. The molecule has 1 aromatic heterocycles. The predicted molar refractivity (Wildman–Crippen MR) is 122 cm³/mol. The van der Waals surface area contributed by atoms with E-state index in [0.29, 0.717) is 21.5 Å². The second kappa shape index (κ2) is 9.35. The number of benzene rings is 3. The third-order valence-corrected chi connectivity index (χ3v) is 5.21. The van der Waals surface area contributed by atoms with Gasteiger partial charge in [0.25, 0.3) is 0 Å². The van der Waals surface area contributed by atoms with Crippen molar-refractivity contribution in [3.05, 3.63) is 100 Å². The van der Waals surface area contributed by atoms with Crippen molar-refractivity contribution in [1.82, 2.24) is 4.98 Å². The van der Waals surface area contributed by atoms with Crippen LogP contribution in [0.25, 0.3) is 11.3 Å². The van der Waals surface area contributed by atoms with Gasteiger partial charge in [0.05, 0.1) is 22.5 Å². The van der Waals surface area contributed by atoms with E-state index in [0.717, 1.165) is 16.8 Å². The fourth-order valence-corrected chi connectivity index (χ4v) is 3.52. The van der Waals surface area contributed by atoms with Crippen LogP contribution in [0.5, 0.6) is 5.75 Å². The molecular formula is C23H16ClN3O2S. The van der Waals surface area contributed by atoms with Gasteiger partial charge in [-0.15, -0.1) is 11.3 Å². The summed E-state index contributed by atoms with van der Waals surface area (Å²) in [5.74, 6) is -0.0703. The lowest BCUT2D eigenvalue weighted by molar-refractivity contribution is 0.0735. The van der Waals surface area contributed by atoms with Crippen LogP contribution < -0.4 is 10.2 Å². The highest BCUT2D eigenvalue weighted by atomic mass is 35.5. The number of nitrogens with one attached hydrogen (secondary N) is 1. The number of hydrogen-bond acceptors (Lipinski definition) is 6. The molecule has 4 rings (SSSR count). The maximum Gasteiger partial charge on any atom is 0.345 e. The lowest BCUT2D eigenvalue weighted by Crippen LogP contribution is -2.08. The van der Waals surface area contributed by atoms with Crippen LogP contribution in [0.2, 0.25) is 5.02 Å². The van der Waals surface area contributed by atoms with Gasteiger partial charge in [0, 0.05) is 10.9 Å². The molecule has 0 spiro atoms. The molecule has 0 aliphatic heterocycles. The number of hydrazone groups is 1. The Bertz CT molecular complexity index is 1170. The molecule has 7 heteroatoms. The average molecular weight is 434 g/mol. The maximum absolute atomic E-state index is 12.2. The maximum atomic E-state index is 12.2. The van der Waals surface area contributed by atoms with Crippen LogP contribution in [0.3, 0.4) is 0 Å². The monoisotopic (exact) mass is 433 g/mol. The van der Waals surface area contributed by atoms with E-state index in [1.165, 1.54) is 11.3 Å². The number of esters is 1. The van der Waals surface area contributed by atoms with E-state index in [1.807, 2.05) is 35.7 Å². The van der Waals surface area contributed by atoms with Crippen molar-refractivity contribution in [3.63, 3.8) is 0 Å². The van der Waals surface area contributed by atoms with Crippen LogP contribution in [-0.2, 0) is 0 Å². The SMILES string of the molecule is O=C(Oc1ccc(/C=N/Nc2nc(-c3ccccc3)cs2)cc1)c1ccccc1Cl. The molecule has 0 fully saturated rings. The number of thiazole rings is 1. The number of carbonyl (C=O) groups is 1. The zero-order chi connectivity index (χ0) is 20.8. The van der Waals surface area contributed by atoms with Crippen molar-refractivity contribution in [2.24, 2.45) is 5.10 Å². The van der Waals surface area contributed by atoms with Gasteiger partial charge in [0.15, 0.2) is 0 Å². The minimum Gasteiger partial charge on any atom is -0.423 e. The third-order valence-electron chi connectivity index (χ3n) is 4.13. The lowest BCUT2D eigenvalue weighted by Gasteiger charge is -2.05. The topological polar surface area (TPSA) is 63.6 Å². The van der Waals surface area contributed by atoms with Crippen LogP contribution in [0, 0.1) is 0 Å². The van der Waals surface area contributed by atoms with Gasteiger partial charge in [0.2, 0.25) is 5.13 Å². The van der Waals surface area contributed by atoms with Crippen LogP contribution in [0.15, 0.2) is 89.3 Å². The largest absolute Gasteiger partial charge is 0.423 e. The van der Waals surface area contributed by atoms with Crippen molar-refractivity contribution in [2.45, 2.75) is 0 Å². The Hall–Kier alpha value is -3.48. The number of hydrogen-bond donors (Lipinski definition) is 1. The minimum absolute atomic E-state index is 0.326. The van der Waals surface area contributed by atoms with Gasteiger partial charge in [-0.05, 0) is 42.0 Å². The second-order valence-corrected chi connectivity index (χ2v) is 7.48. The van der Waals surface area contributed by atoms with E-state index in [4.69, 9.17) is 16.3 Å².